The molecule has 4 aromatic rings. The molecule has 1 atom stereocenters. The number of aromatic nitrogens is 2. The number of amides is 3. The Kier molecular flexibility index (Phi) is 7.20. The van der Waals surface area contributed by atoms with Crippen molar-refractivity contribution in [3.63, 3.8) is 0 Å². The number of carbonyl (C=O) groups excluding carboxylic acids is 2. The second kappa shape index (κ2) is 10.5. The number of fused-ring (bicyclic) bond motifs is 1. The maximum absolute atomic E-state index is 13.4. The zero-order chi connectivity index (χ0) is 25.7. The SMILES string of the molecule is COc1ccc(N(C)C(=O)C(Cc2ccccc2)NC(=O)NS(=O)(=O)n2ccc3cnccc32)cc1. The third-order valence-corrected chi connectivity index (χ3v) is 6.89. The number of ether oxygens (including phenoxy) is 1. The van der Waals surface area contributed by atoms with Gasteiger partial charge >= 0.3 is 16.2 Å². The van der Waals surface area contributed by atoms with Crippen molar-refractivity contribution in [1.82, 2.24) is 19.0 Å². The molecule has 1 unspecified atom stereocenters. The number of nitrogens with zero attached hydrogens (tertiary/aromatic N) is 3. The number of likely N-dealkylation sites (N-methyl/N-ethyl adjacent to an activating group) is 1. The van der Waals surface area contributed by atoms with E-state index in [-0.39, 0.29) is 6.42 Å². The molecule has 2 heterocycles. The summed E-state index contributed by atoms with van der Waals surface area (Å²) in [4.78, 5) is 31.6. The zero-order valence-corrected chi connectivity index (χ0v) is 20.5. The van der Waals surface area contributed by atoms with E-state index in [1.807, 2.05) is 35.1 Å². The molecule has 4 rings (SSSR count). The molecule has 11 heteroatoms. The Morgan fingerprint density at radius 2 is 1.78 bits per heavy atom. The Morgan fingerprint density at radius 3 is 2.47 bits per heavy atom. The molecule has 0 radical (unpaired) electrons. The fraction of sp³-hybridized carbons (Fsp3) is 0.160. The minimum absolute atomic E-state index is 0.158. The van der Waals surface area contributed by atoms with Crippen molar-refractivity contribution in [3.8, 4) is 5.75 Å². The van der Waals surface area contributed by atoms with Gasteiger partial charge in [-0.15, -0.1) is 0 Å². The van der Waals surface area contributed by atoms with E-state index >= 15 is 0 Å². The maximum atomic E-state index is 13.4. The summed E-state index contributed by atoms with van der Waals surface area (Å²) in [5.41, 5.74) is 1.74. The van der Waals surface area contributed by atoms with E-state index in [9.17, 15) is 18.0 Å². The Hall–Kier alpha value is -4.38. The third-order valence-electron chi connectivity index (χ3n) is 5.61. The Bertz CT molecular complexity index is 1470. The number of urea groups is 1. The molecule has 36 heavy (non-hydrogen) atoms. The lowest BCUT2D eigenvalue weighted by atomic mass is 10.0. The first-order chi connectivity index (χ1) is 17.3. The smallest absolute Gasteiger partial charge is 0.331 e. The summed E-state index contributed by atoms with van der Waals surface area (Å²) in [6.07, 6.45) is 4.46. The first kappa shape index (κ1) is 24.7. The summed E-state index contributed by atoms with van der Waals surface area (Å²) in [5.74, 6) is 0.213. The summed E-state index contributed by atoms with van der Waals surface area (Å²) in [6, 6.07) is 17.0. The Labute approximate surface area is 208 Å². The highest BCUT2D eigenvalue weighted by atomic mass is 32.2. The van der Waals surface area contributed by atoms with Gasteiger partial charge in [0.05, 0.1) is 12.6 Å². The van der Waals surface area contributed by atoms with E-state index < -0.39 is 28.2 Å². The molecule has 0 aliphatic heterocycles. The van der Waals surface area contributed by atoms with Crippen molar-refractivity contribution in [2.45, 2.75) is 12.5 Å². The van der Waals surface area contributed by atoms with Crippen molar-refractivity contribution in [1.29, 1.82) is 0 Å². The van der Waals surface area contributed by atoms with Gasteiger partial charge in [-0.25, -0.2) is 13.5 Å². The molecule has 2 aromatic heterocycles. The average Bonchev–Trinajstić information content (AvgIpc) is 3.33. The summed E-state index contributed by atoms with van der Waals surface area (Å²) in [6.45, 7) is 0. The highest BCUT2D eigenvalue weighted by molar-refractivity contribution is 7.88. The van der Waals surface area contributed by atoms with E-state index in [1.54, 1.807) is 44.5 Å². The lowest BCUT2D eigenvalue weighted by Gasteiger charge is -2.25. The van der Waals surface area contributed by atoms with E-state index in [2.05, 4.69) is 10.3 Å². The van der Waals surface area contributed by atoms with Crippen molar-refractivity contribution >= 4 is 38.7 Å². The van der Waals surface area contributed by atoms with Crippen LogP contribution in [-0.2, 0) is 21.4 Å². The normalized spacial score (nSPS) is 12.1. The summed E-state index contributed by atoms with van der Waals surface area (Å²) >= 11 is 0. The van der Waals surface area contributed by atoms with E-state index in [4.69, 9.17) is 4.74 Å². The molecule has 186 valence electrons. The van der Waals surface area contributed by atoms with Crippen LogP contribution in [-0.4, -0.2) is 49.5 Å². The molecule has 0 saturated heterocycles. The van der Waals surface area contributed by atoms with Gasteiger partial charge in [0, 0.05) is 43.1 Å². The number of pyridine rings is 1. The van der Waals surface area contributed by atoms with Gasteiger partial charge in [-0.3, -0.25) is 9.78 Å². The monoisotopic (exact) mass is 507 g/mol. The molecule has 0 aliphatic carbocycles. The number of anilines is 1. The van der Waals surface area contributed by atoms with E-state index in [1.165, 1.54) is 29.6 Å². The summed E-state index contributed by atoms with van der Waals surface area (Å²) in [5, 5.41) is 3.13. The first-order valence-electron chi connectivity index (χ1n) is 11.0. The Balaban J connectivity index is 1.55. The highest BCUT2D eigenvalue weighted by Crippen LogP contribution is 2.20. The van der Waals surface area contributed by atoms with Gasteiger partial charge in [-0.05, 0) is 42.0 Å². The number of hydrogen-bond acceptors (Lipinski definition) is 6. The lowest BCUT2D eigenvalue weighted by Crippen LogP contribution is -2.53. The number of methoxy groups -OCH3 is 1. The molecule has 0 bridgehead atoms. The van der Waals surface area contributed by atoms with Crippen LogP contribution in [0.3, 0.4) is 0 Å². The van der Waals surface area contributed by atoms with Crippen LogP contribution in [0.25, 0.3) is 10.9 Å². The van der Waals surface area contributed by atoms with Gasteiger partial charge in [0.2, 0.25) is 5.91 Å². The van der Waals surface area contributed by atoms with Crippen molar-refractivity contribution in [2.75, 3.05) is 19.1 Å². The van der Waals surface area contributed by atoms with Crippen LogP contribution in [0.5, 0.6) is 5.75 Å². The molecule has 0 aliphatic rings. The molecule has 0 spiro atoms. The van der Waals surface area contributed by atoms with Crippen LogP contribution in [0.15, 0.2) is 85.3 Å². The van der Waals surface area contributed by atoms with Gasteiger partial charge < -0.3 is 15.0 Å². The number of carbonyl (C=O) groups is 2. The highest BCUT2D eigenvalue weighted by Gasteiger charge is 2.27. The maximum Gasteiger partial charge on any atom is 0.331 e. The van der Waals surface area contributed by atoms with Crippen LogP contribution in [0, 0.1) is 0 Å². The quantitative estimate of drug-likeness (QED) is 0.378. The largest absolute Gasteiger partial charge is 0.497 e. The predicted octanol–water partition coefficient (Wildman–Crippen LogP) is 2.71. The molecule has 2 aromatic carbocycles. The van der Waals surface area contributed by atoms with Gasteiger partial charge in [-0.1, -0.05) is 30.3 Å². The fourth-order valence-corrected chi connectivity index (χ4v) is 4.77. The molecule has 0 fully saturated rings. The van der Waals surface area contributed by atoms with Crippen LogP contribution in [0.2, 0.25) is 0 Å². The second-order valence-corrected chi connectivity index (χ2v) is 9.51. The molecular weight excluding hydrogens is 482 g/mol. The van der Waals surface area contributed by atoms with Crippen LogP contribution in [0.4, 0.5) is 10.5 Å². The van der Waals surface area contributed by atoms with Crippen molar-refractivity contribution < 1.29 is 22.7 Å². The van der Waals surface area contributed by atoms with Gasteiger partial charge in [0.25, 0.3) is 0 Å². The van der Waals surface area contributed by atoms with Crippen LogP contribution >= 0.6 is 0 Å². The van der Waals surface area contributed by atoms with Gasteiger partial charge in [-0.2, -0.15) is 8.42 Å². The molecular formula is C25H25N5O5S. The van der Waals surface area contributed by atoms with Crippen LogP contribution < -0.4 is 19.7 Å². The Morgan fingerprint density at radius 1 is 1.06 bits per heavy atom. The van der Waals surface area contributed by atoms with Gasteiger partial charge in [0.15, 0.2) is 0 Å². The third kappa shape index (κ3) is 5.47. The molecule has 10 nitrogen and oxygen atoms in total. The van der Waals surface area contributed by atoms with Gasteiger partial charge in [0.1, 0.15) is 11.8 Å². The average molecular weight is 508 g/mol. The number of rotatable bonds is 8. The van der Waals surface area contributed by atoms with Crippen LogP contribution in [0.1, 0.15) is 5.56 Å². The predicted molar refractivity (Wildman–Crippen MR) is 136 cm³/mol. The number of benzene rings is 2. The summed E-state index contributed by atoms with van der Waals surface area (Å²) < 4.78 is 33.9. The molecule has 3 amide bonds. The number of nitrogens with one attached hydrogen (secondary N) is 2. The zero-order valence-electron chi connectivity index (χ0n) is 19.7. The minimum atomic E-state index is -4.28. The minimum Gasteiger partial charge on any atom is -0.497 e. The van der Waals surface area contributed by atoms with Crippen molar-refractivity contribution in [3.05, 3.63) is 90.9 Å². The fourth-order valence-electron chi connectivity index (χ4n) is 3.74. The van der Waals surface area contributed by atoms with Crippen molar-refractivity contribution in [2.24, 2.45) is 0 Å². The topological polar surface area (TPSA) is 123 Å². The van der Waals surface area contributed by atoms with E-state index in [0.717, 1.165) is 9.54 Å². The first-order valence-corrected chi connectivity index (χ1v) is 12.4. The van der Waals surface area contributed by atoms with E-state index in [0.29, 0.717) is 22.3 Å². The standard InChI is InChI=1S/C25H25N5O5S/c1-29(20-8-10-21(35-2)11-9-20)24(31)22(16-18-6-4-3-5-7-18)27-25(32)28-36(33,34)30-15-13-19-17-26-14-12-23(19)30/h3-15,17,22H,16H2,1-2H3,(H2,27,28,32). The summed E-state index contributed by atoms with van der Waals surface area (Å²) in [7, 11) is -1.15. The molecule has 0 saturated carbocycles. The molecule has 2 N–H and O–H groups in total. The number of hydrogen-bond donors (Lipinski definition) is 2. The lowest BCUT2D eigenvalue weighted by molar-refractivity contribution is -0.120. The second-order valence-electron chi connectivity index (χ2n) is 7.96.